The van der Waals surface area contributed by atoms with Crippen molar-refractivity contribution in [1.82, 2.24) is 4.98 Å². The molecule has 8 nitrogen and oxygen atoms in total. The van der Waals surface area contributed by atoms with Crippen molar-refractivity contribution in [3.63, 3.8) is 0 Å². The predicted molar refractivity (Wildman–Crippen MR) is 134 cm³/mol. The van der Waals surface area contributed by atoms with Crippen molar-refractivity contribution in [2.75, 3.05) is 5.73 Å². The number of nitro groups is 1. The number of nitrogen functional groups attached to an aromatic ring is 1. The van der Waals surface area contributed by atoms with E-state index >= 15 is 0 Å². The molecule has 10 heteroatoms. The molecule has 1 aromatic heterocycles. The maximum atomic E-state index is 12.4. The topological polar surface area (TPSA) is 124 Å². The molecular formula is C24H16ClN5O3S. The first-order valence-corrected chi connectivity index (χ1v) is 11.1. The van der Waals surface area contributed by atoms with Crippen LogP contribution in [0, 0.1) is 10.1 Å². The quantitative estimate of drug-likeness (QED) is 0.0960. The number of azo groups is 1. The average molecular weight is 490 g/mol. The van der Waals surface area contributed by atoms with Gasteiger partial charge in [0.1, 0.15) is 5.69 Å². The summed E-state index contributed by atoms with van der Waals surface area (Å²) < 4.78 is 0. The van der Waals surface area contributed by atoms with E-state index in [1.54, 1.807) is 48.5 Å². The smallest absolute Gasteiger partial charge is 0.269 e. The molecule has 1 heterocycles. The third-order valence-corrected chi connectivity index (χ3v) is 5.79. The molecule has 0 radical (unpaired) electrons. The minimum absolute atomic E-state index is 0.00627. The minimum Gasteiger partial charge on any atom is -0.375 e. The predicted octanol–water partition coefficient (Wildman–Crippen LogP) is 7.27. The van der Waals surface area contributed by atoms with Gasteiger partial charge in [0.25, 0.3) is 5.69 Å². The van der Waals surface area contributed by atoms with Crippen LogP contribution < -0.4 is 5.73 Å². The Labute approximate surface area is 203 Å². The van der Waals surface area contributed by atoms with Crippen LogP contribution in [-0.2, 0) is 0 Å². The Morgan fingerprint density at radius 2 is 1.74 bits per heavy atom. The molecule has 4 aromatic rings. The number of nitrogens with two attached hydrogens (primary N) is 1. The van der Waals surface area contributed by atoms with Crippen LogP contribution in [-0.4, -0.2) is 15.7 Å². The molecule has 3 aromatic carbocycles. The number of rotatable bonds is 7. The number of hydrogen-bond donors (Lipinski definition) is 1. The maximum Gasteiger partial charge on any atom is 0.269 e. The highest BCUT2D eigenvalue weighted by Gasteiger charge is 2.14. The van der Waals surface area contributed by atoms with Crippen LogP contribution in [0.5, 0.6) is 0 Å². The average Bonchev–Trinajstić information content (AvgIpc) is 3.22. The van der Waals surface area contributed by atoms with E-state index in [9.17, 15) is 14.9 Å². The molecule has 168 valence electrons. The van der Waals surface area contributed by atoms with Crippen molar-refractivity contribution in [3.05, 3.63) is 105 Å². The number of nitrogens with zero attached hydrogens (tertiary/aromatic N) is 4. The number of allylic oxidation sites excluding steroid dienone is 1. The van der Waals surface area contributed by atoms with E-state index in [-0.39, 0.29) is 11.5 Å². The van der Waals surface area contributed by atoms with Gasteiger partial charge in [-0.05, 0) is 54.1 Å². The number of carbonyl (C=O) groups is 1. The molecule has 0 atom stereocenters. The Balaban J connectivity index is 1.47. The van der Waals surface area contributed by atoms with Crippen molar-refractivity contribution in [3.8, 4) is 11.3 Å². The second-order valence-electron chi connectivity index (χ2n) is 6.98. The van der Waals surface area contributed by atoms with E-state index in [4.69, 9.17) is 17.3 Å². The second-order valence-corrected chi connectivity index (χ2v) is 8.40. The number of hydrogen-bond acceptors (Lipinski definition) is 8. The lowest BCUT2D eigenvalue weighted by Gasteiger charge is -2.01. The molecule has 0 unspecified atom stereocenters. The second kappa shape index (κ2) is 10.2. The van der Waals surface area contributed by atoms with Crippen LogP contribution in [0.15, 0.2) is 89.1 Å². The van der Waals surface area contributed by atoms with Gasteiger partial charge < -0.3 is 5.73 Å². The molecule has 0 aliphatic rings. The zero-order valence-electron chi connectivity index (χ0n) is 17.5. The van der Waals surface area contributed by atoms with Gasteiger partial charge >= 0.3 is 0 Å². The Morgan fingerprint density at radius 3 is 2.41 bits per heavy atom. The van der Waals surface area contributed by atoms with Crippen molar-refractivity contribution in [2.24, 2.45) is 10.2 Å². The Morgan fingerprint density at radius 1 is 1.03 bits per heavy atom. The monoisotopic (exact) mass is 489 g/mol. The first-order chi connectivity index (χ1) is 16.4. The van der Waals surface area contributed by atoms with Crippen LogP contribution in [0.3, 0.4) is 0 Å². The summed E-state index contributed by atoms with van der Waals surface area (Å²) in [6.45, 7) is 0. The molecule has 0 saturated carbocycles. The lowest BCUT2D eigenvalue weighted by Crippen LogP contribution is -1.93. The first kappa shape index (κ1) is 23.0. The Hall–Kier alpha value is -4.21. The van der Waals surface area contributed by atoms with Gasteiger partial charge in [-0.1, -0.05) is 47.2 Å². The number of nitro benzene ring substituents is 1. The van der Waals surface area contributed by atoms with Crippen LogP contribution >= 0.6 is 22.9 Å². The van der Waals surface area contributed by atoms with E-state index in [0.29, 0.717) is 43.2 Å². The largest absolute Gasteiger partial charge is 0.375 e. The summed E-state index contributed by atoms with van der Waals surface area (Å²) in [5.74, 6) is -0.210. The molecule has 0 fully saturated rings. The van der Waals surface area contributed by atoms with Gasteiger partial charge in [0, 0.05) is 23.3 Å². The van der Waals surface area contributed by atoms with Crippen molar-refractivity contribution in [2.45, 2.75) is 0 Å². The molecule has 2 N–H and O–H groups in total. The zero-order valence-corrected chi connectivity index (χ0v) is 19.0. The van der Waals surface area contributed by atoms with E-state index in [1.165, 1.54) is 29.5 Å². The van der Waals surface area contributed by atoms with Crippen LogP contribution in [0.4, 0.5) is 21.5 Å². The van der Waals surface area contributed by atoms with Crippen molar-refractivity contribution < 1.29 is 9.72 Å². The minimum atomic E-state index is -0.473. The number of aromatic nitrogens is 1. The standard InChI is InChI=1S/C24H16ClN5O3S/c25-20-4-2-1-3-19(20)22-23(34-24(26)27-22)29-28-17-10-8-16(9-11-17)21(31)14-7-15-5-12-18(13-6-15)30(32)33/h1-14H,(H2,26,27)/b14-7+,29-28?. The van der Waals surface area contributed by atoms with Gasteiger partial charge in [-0.3, -0.25) is 14.9 Å². The number of ketones is 1. The van der Waals surface area contributed by atoms with E-state index in [2.05, 4.69) is 15.2 Å². The Bertz CT molecular complexity index is 1410. The van der Waals surface area contributed by atoms with E-state index in [1.807, 2.05) is 18.2 Å². The number of halogens is 1. The third kappa shape index (κ3) is 5.40. The van der Waals surface area contributed by atoms with Crippen molar-refractivity contribution in [1.29, 1.82) is 0 Å². The zero-order chi connectivity index (χ0) is 24.1. The third-order valence-electron chi connectivity index (χ3n) is 4.69. The molecular weight excluding hydrogens is 474 g/mol. The summed E-state index contributed by atoms with van der Waals surface area (Å²) in [5.41, 5.74) is 8.83. The van der Waals surface area contributed by atoms with Gasteiger partial charge in [-0.2, -0.15) is 0 Å². The molecule has 0 bridgehead atoms. The summed E-state index contributed by atoms with van der Waals surface area (Å²) in [5, 5.41) is 20.6. The summed E-state index contributed by atoms with van der Waals surface area (Å²) in [7, 11) is 0. The highest BCUT2D eigenvalue weighted by atomic mass is 35.5. The number of benzene rings is 3. The van der Waals surface area contributed by atoms with Crippen molar-refractivity contribution >= 4 is 56.3 Å². The summed E-state index contributed by atoms with van der Waals surface area (Å²) in [4.78, 5) is 27.0. The maximum absolute atomic E-state index is 12.4. The van der Waals surface area contributed by atoms with Crippen LogP contribution in [0.25, 0.3) is 17.3 Å². The summed E-state index contributed by atoms with van der Waals surface area (Å²) in [6.07, 6.45) is 3.01. The van der Waals surface area contributed by atoms with Crippen LogP contribution in [0.1, 0.15) is 15.9 Å². The van der Waals surface area contributed by atoms with Gasteiger partial charge in [0.05, 0.1) is 15.6 Å². The molecule has 0 amide bonds. The molecule has 0 spiro atoms. The number of anilines is 1. The Kier molecular flexibility index (Phi) is 6.86. The number of carbonyl (C=O) groups excluding carboxylic acids is 1. The highest BCUT2D eigenvalue weighted by Crippen LogP contribution is 2.40. The lowest BCUT2D eigenvalue weighted by molar-refractivity contribution is -0.384. The van der Waals surface area contributed by atoms with Gasteiger partial charge in [-0.25, -0.2) is 4.98 Å². The van der Waals surface area contributed by atoms with Gasteiger partial charge in [-0.15, -0.1) is 10.2 Å². The summed E-state index contributed by atoms with van der Waals surface area (Å²) in [6, 6.07) is 19.8. The first-order valence-electron chi connectivity index (χ1n) is 9.90. The molecule has 4 rings (SSSR count). The molecule has 34 heavy (non-hydrogen) atoms. The molecule has 0 aliphatic heterocycles. The SMILES string of the molecule is Nc1nc(-c2ccccc2Cl)c(N=Nc2ccc(C(=O)/C=C/c3ccc([N+](=O)[O-])cc3)cc2)s1. The number of thiazole rings is 1. The normalized spacial score (nSPS) is 11.3. The molecule has 0 saturated heterocycles. The highest BCUT2D eigenvalue weighted by molar-refractivity contribution is 7.19. The van der Waals surface area contributed by atoms with E-state index < -0.39 is 4.92 Å². The van der Waals surface area contributed by atoms with Gasteiger partial charge in [0.15, 0.2) is 15.9 Å². The molecule has 0 aliphatic carbocycles. The lowest BCUT2D eigenvalue weighted by atomic mass is 10.1. The fraction of sp³-hybridized carbons (Fsp3) is 0. The fourth-order valence-electron chi connectivity index (χ4n) is 3.00. The number of non-ortho nitro benzene ring substituents is 1. The fourth-order valence-corrected chi connectivity index (χ4v) is 3.89. The summed E-state index contributed by atoms with van der Waals surface area (Å²) >= 11 is 7.47. The van der Waals surface area contributed by atoms with Crippen LogP contribution in [0.2, 0.25) is 5.02 Å². The van der Waals surface area contributed by atoms with E-state index in [0.717, 1.165) is 0 Å². The van der Waals surface area contributed by atoms with Gasteiger partial charge in [0.2, 0.25) is 0 Å².